The van der Waals surface area contributed by atoms with Crippen molar-refractivity contribution >= 4 is 11.9 Å². The lowest BCUT2D eigenvalue weighted by atomic mass is 10.00. The second-order valence-electron chi connectivity index (χ2n) is 2.83. The zero-order chi connectivity index (χ0) is 12.0. The molecule has 0 amide bonds. The Morgan fingerprint density at radius 1 is 1.40 bits per heavy atom. The highest BCUT2D eigenvalue weighted by Crippen LogP contribution is 2.16. The fourth-order valence-electron chi connectivity index (χ4n) is 0.974. The summed E-state index contributed by atoms with van der Waals surface area (Å²) in [6.45, 7) is -1.91. The third-order valence-corrected chi connectivity index (χ3v) is 1.82. The van der Waals surface area contributed by atoms with Gasteiger partial charge in [-0.1, -0.05) is 0 Å². The van der Waals surface area contributed by atoms with Crippen molar-refractivity contribution in [3.63, 3.8) is 0 Å². The van der Waals surface area contributed by atoms with Gasteiger partial charge in [-0.15, -0.1) is 0 Å². The molecule has 0 fully saturated rings. The van der Waals surface area contributed by atoms with E-state index in [1.165, 1.54) is 0 Å². The molecule has 0 aromatic carbocycles. The van der Waals surface area contributed by atoms with Crippen molar-refractivity contribution in [3.8, 4) is 0 Å². The molecule has 5 nitrogen and oxygen atoms in total. The van der Waals surface area contributed by atoms with Crippen LogP contribution in [-0.2, 0) is 19.1 Å². The van der Waals surface area contributed by atoms with Gasteiger partial charge in [0, 0.05) is 0 Å². The highest BCUT2D eigenvalue weighted by molar-refractivity contribution is 5.79. The van der Waals surface area contributed by atoms with Crippen molar-refractivity contribution in [1.82, 2.24) is 0 Å². The maximum Gasteiger partial charge on any atom is 0.345 e. The SMILES string of the molecule is COC(=O)C[C@H](C(=O)O)[C@@H](C)OC(F)F. The lowest BCUT2D eigenvalue weighted by molar-refractivity contribution is -0.184. The van der Waals surface area contributed by atoms with E-state index in [0.717, 1.165) is 14.0 Å². The van der Waals surface area contributed by atoms with E-state index in [0.29, 0.717) is 0 Å². The number of rotatable bonds is 6. The second kappa shape index (κ2) is 6.28. The molecule has 0 bridgehead atoms. The first-order valence-corrected chi connectivity index (χ1v) is 4.11. The van der Waals surface area contributed by atoms with Gasteiger partial charge < -0.3 is 14.6 Å². The number of aliphatic carboxylic acids is 1. The van der Waals surface area contributed by atoms with Gasteiger partial charge >= 0.3 is 18.6 Å². The molecular formula is C8H12F2O5. The van der Waals surface area contributed by atoms with E-state index in [2.05, 4.69) is 9.47 Å². The van der Waals surface area contributed by atoms with Crippen molar-refractivity contribution in [1.29, 1.82) is 0 Å². The molecule has 0 rings (SSSR count). The van der Waals surface area contributed by atoms with Crippen LogP contribution >= 0.6 is 0 Å². The Morgan fingerprint density at radius 2 is 1.93 bits per heavy atom. The molecule has 1 N–H and O–H groups in total. The van der Waals surface area contributed by atoms with Crippen LogP contribution in [0.1, 0.15) is 13.3 Å². The number of halogens is 2. The van der Waals surface area contributed by atoms with E-state index in [9.17, 15) is 18.4 Å². The van der Waals surface area contributed by atoms with Gasteiger partial charge in [-0.3, -0.25) is 9.59 Å². The quantitative estimate of drug-likeness (QED) is 0.680. The van der Waals surface area contributed by atoms with Crippen molar-refractivity contribution in [2.24, 2.45) is 5.92 Å². The summed E-state index contributed by atoms with van der Waals surface area (Å²) in [6.07, 6.45) is -1.76. The number of methoxy groups -OCH3 is 1. The van der Waals surface area contributed by atoms with Crippen LogP contribution in [0.5, 0.6) is 0 Å². The maximum atomic E-state index is 11.8. The first-order chi connectivity index (χ1) is 6.88. The predicted octanol–water partition coefficient (Wildman–Crippen LogP) is 0.878. The number of carboxylic acids is 1. The van der Waals surface area contributed by atoms with Crippen molar-refractivity contribution in [3.05, 3.63) is 0 Å². The fourth-order valence-corrected chi connectivity index (χ4v) is 0.974. The number of hydrogen-bond donors (Lipinski definition) is 1. The molecule has 0 unspecified atom stereocenters. The molecule has 0 aromatic heterocycles. The summed E-state index contributed by atoms with van der Waals surface area (Å²) in [5.74, 6) is -3.51. The van der Waals surface area contributed by atoms with Crippen LogP contribution in [-0.4, -0.2) is 36.9 Å². The average molecular weight is 226 g/mol. The van der Waals surface area contributed by atoms with E-state index < -0.39 is 37.0 Å². The normalized spacial score (nSPS) is 14.7. The summed E-state index contributed by atoms with van der Waals surface area (Å²) < 4.78 is 31.8. The Balaban J connectivity index is 4.38. The zero-order valence-electron chi connectivity index (χ0n) is 8.28. The Kier molecular flexibility index (Phi) is 5.76. The van der Waals surface area contributed by atoms with Crippen LogP contribution in [0.3, 0.4) is 0 Å². The lowest BCUT2D eigenvalue weighted by Gasteiger charge is -2.18. The van der Waals surface area contributed by atoms with Crippen LogP contribution in [0.25, 0.3) is 0 Å². The number of ether oxygens (including phenoxy) is 2. The standard InChI is InChI=1S/C8H12F2O5/c1-4(15-8(9)10)5(7(12)13)3-6(11)14-2/h4-5,8H,3H2,1-2H3,(H,12,13)/t4-,5+/m1/s1. The third-order valence-electron chi connectivity index (χ3n) is 1.82. The van der Waals surface area contributed by atoms with E-state index in [-0.39, 0.29) is 0 Å². The monoisotopic (exact) mass is 226 g/mol. The van der Waals surface area contributed by atoms with Crippen LogP contribution in [0.2, 0.25) is 0 Å². The van der Waals surface area contributed by atoms with Gasteiger partial charge in [0.05, 0.1) is 25.6 Å². The van der Waals surface area contributed by atoms with Crippen molar-refractivity contribution < 1.29 is 33.0 Å². The molecule has 0 aromatic rings. The molecule has 0 spiro atoms. The van der Waals surface area contributed by atoms with Gasteiger partial charge in [-0.2, -0.15) is 8.78 Å². The lowest BCUT2D eigenvalue weighted by Crippen LogP contribution is -2.32. The summed E-state index contributed by atoms with van der Waals surface area (Å²) in [4.78, 5) is 21.4. The number of hydrogen-bond acceptors (Lipinski definition) is 4. The molecule has 0 saturated heterocycles. The summed E-state index contributed by atoms with van der Waals surface area (Å²) in [6, 6.07) is 0. The number of carbonyl (C=O) groups excluding carboxylic acids is 1. The Bertz CT molecular complexity index is 231. The Morgan fingerprint density at radius 3 is 2.27 bits per heavy atom. The van der Waals surface area contributed by atoms with E-state index in [1.54, 1.807) is 0 Å². The van der Waals surface area contributed by atoms with E-state index in [4.69, 9.17) is 5.11 Å². The van der Waals surface area contributed by atoms with Crippen LogP contribution < -0.4 is 0 Å². The van der Waals surface area contributed by atoms with Gasteiger partial charge in [-0.05, 0) is 6.92 Å². The molecule has 7 heteroatoms. The minimum Gasteiger partial charge on any atom is -0.481 e. The third kappa shape index (κ3) is 5.26. The molecular weight excluding hydrogens is 214 g/mol. The van der Waals surface area contributed by atoms with Crippen LogP contribution in [0.15, 0.2) is 0 Å². The highest BCUT2D eigenvalue weighted by Gasteiger charge is 2.30. The van der Waals surface area contributed by atoms with E-state index >= 15 is 0 Å². The molecule has 0 aliphatic carbocycles. The first kappa shape index (κ1) is 13.8. The summed E-state index contributed by atoms with van der Waals surface area (Å²) >= 11 is 0. The molecule has 0 aliphatic heterocycles. The molecule has 0 aliphatic rings. The number of alkyl halides is 2. The minimum absolute atomic E-state index is 0.500. The molecule has 2 atom stereocenters. The Labute approximate surface area is 85.0 Å². The van der Waals surface area contributed by atoms with E-state index in [1.807, 2.05) is 0 Å². The predicted molar refractivity (Wildman–Crippen MR) is 44.3 cm³/mol. The van der Waals surface area contributed by atoms with Gasteiger partial charge in [-0.25, -0.2) is 0 Å². The van der Waals surface area contributed by atoms with Crippen LogP contribution in [0, 0.1) is 5.92 Å². The maximum absolute atomic E-state index is 11.8. The highest BCUT2D eigenvalue weighted by atomic mass is 19.3. The van der Waals surface area contributed by atoms with Gasteiger partial charge in [0.1, 0.15) is 0 Å². The molecule has 0 heterocycles. The zero-order valence-corrected chi connectivity index (χ0v) is 8.28. The number of esters is 1. The van der Waals surface area contributed by atoms with Gasteiger partial charge in [0.2, 0.25) is 0 Å². The second-order valence-corrected chi connectivity index (χ2v) is 2.83. The molecule has 0 radical (unpaired) electrons. The van der Waals surface area contributed by atoms with Gasteiger partial charge in [0.15, 0.2) is 0 Å². The number of carbonyl (C=O) groups is 2. The molecule has 15 heavy (non-hydrogen) atoms. The smallest absolute Gasteiger partial charge is 0.345 e. The minimum atomic E-state index is -3.07. The first-order valence-electron chi connectivity index (χ1n) is 4.11. The topological polar surface area (TPSA) is 72.8 Å². The summed E-state index contributed by atoms with van der Waals surface area (Å²) in [5, 5.41) is 8.67. The van der Waals surface area contributed by atoms with Crippen molar-refractivity contribution in [2.75, 3.05) is 7.11 Å². The fraction of sp³-hybridized carbons (Fsp3) is 0.750. The Hall–Kier alpha value is -1.24. The average Bonchev–Trinajstić information content (AvgIpc) is 2.11. The summed E-state index contributed by atoms with van der Waals surface area (Å²) in [5.41, 5.74) is 0. The van der Waals surface area contributed by atoms with Gasteiger partial charge in [0.25, 0.3) is 0 Å². The number of carboxylic acid groups (broad SMARTS) is 1. The molecule has 0 saturated carbocycles. The summed E-state index contributed by atoms with van der Waals surface area (Å²) in [7, 11) is 1.08. The largest absolute Gasteiger partial charge is 0.481 e. The van der Waals surface area contributed by atoms with Crippen molar-refractivity contribution in [2.45, 2.75) is 26.1 Å². The van der Waals surface area contributed by atoms with Crippen LogP contribution in [0.4, 0.5) is 8.78 Å². The molecule has 88 valence electrons.